The van der Waals surface area contributed by atoms with Crippen LogP contribution in [0.4, 0.5) is 0 Å². The van der Waals surface area contributed by atoms with E-state index in [0.717, 1.165) is 0 Å². The average Bonchev–Trinajstić information content (AvgIpc) is 3.12. The molecule has 1 aromatic rings. The van der Waals surface area contributed by atoms with Crippen molar-refractivity contribution in [3.63, 3.8) is 0 Å². The first-order valence-electron chi connectivity index (χ1n) is 11.1. The summed E-state index contributed by atoms with van der Waals surface area (Å²) in [6, 6.07) is 1.38. The third-order valence-electron chi connectivity index (χ3n) is 5.87. The molecule has 0 bridgehead atoms. The van der Waals surface area contributed by atoms with E-state index in [9.17, 15) is 14.7 Å². The maximum atomic E-state index is 13.1. The van der Waals surface area contributed by atoms with Crippen LogP contribution in [0.5, 0.6) is 0 Å². The monoisotopic (exact) mass is 626 g/mol. The van der Waals surface area contributed by atoms with E-state index in [1.807, 2.05) is 0 Å². The molecular formula is C22H38N2O7W. The van der Waals surface area contributed by atoms with Gasteiger partial charge >= 0.3 is 5.69 Å². The first-order valence-corrected chi connectivity index (χ1v) is 11.1. The summed E-state index contributed by atoms with van der Waals surface area (Å²) in [6.07, 6.45) is 0.633. The van der Waals surface area contributed by atoms with Crippen LogP contribution in [0.3, 0.4) is 0 Å². The summed E-state index contributed by atoms with van der Waals surface area (Å²) in [7, 11) is 1.61. The minimum absolute atomic E-state index is 0. The molecule has 184 valence electrons. The Labute approximate surface area is 204 Å². The fourth-order valence-corrected chi connectivity index (χ4v) is 4.41. The van der Waals surface area contributed by atoms with Crippen LogP contribution in [-0.4, -0.2) is 67.1 Å². The summed E-state index contributed by atoms with van der Waals surface area (Å²) < 4.78 is 24.5. The number of hydrogen-bond donors (Lipinski definition) is 1. The van der Waals surface area contributed by atoms with E-state index in [1.165, 1.54) is 21.4 Å². The van der Waals surface area contributed by atoms with Gasteiger partial charge < -0.3 is 24.1 Å². The van der Waals surface area contributed by atoms with Gasteiger partial charge in [0.25, 0.3) is 5.56 Å². The number of aliphatic hydroxyl groups is 1. The van der Waals surface area contributed by atoms with E-state index in [1.54, 1.807) is 7.11 Å². The van der Waals surface area contributed by atoms with Gasteiger partial charge in [0.05, 0.1) is 52.3 Å². The third-order valence-corrected chi connectivity index (χ3v) is 5.87. The van der Waals surface area contributed by atoms with Crippen LogP contribution in [0.15, 0.2) is 21.9 Å². The summed E-state index contributed by atoms with van der Waals surface area (Å²) in [4.78, 5) is 25.5. The number of aromatic nitrogens is 2. The number of rotatable bonds is 13. The van der Waals surface area contributed by atoms with Crippen molar-refractivity contribution >= 4 is 0 Å². The molecule has 1 aliphatic rings. The first kappa shape index (κ1) is 29.2. The molecule has 0 saturated carbocycles. The van der Waals surface area contributed by atoms with Crippen molar-refractivity contribution in [2.45, 2.75) is 46.6 Å². The Kier molecular flexibility index (Phi) is 13.2. The molecule has 1 fully saturated rings. The van der Waals surface area contributed by atoms with Gasteiger partial charge in [-0.15, -0.1) is 0 Å². The molecule has 1 N–H and O–H groups in total. The average molecular weight is 626 g/mol. The Balaban J connectivity index is 0.00000512. The van der Waals surface area contributed by atoms with Crippen molar-refractivity contribution in [3.8, 4) is 0 Å². The summed E-state index contributed by atoms with van der Waals surface area (Å²) in [5.41, 5.74) is -0.802. The summed E-state index contributed by atoms with van der Waals surface area (Å²) in [5.74, 6) is 0.684. The topological polar surface area (TPSA) is 101 Å². The van der Waals surface area contributed by atoms with Crippen LogP contribution in [0.2, 0.25) is 0 Å². The van der Waals surface area contributed by atoms with Gasteiger partial charge in [-0.25, -0.2) is 4.79 Å². The maximum absolute atomic E-state index is 13.1. The minimum atomic E-state index is -0.529. The Morgan fingerprint density at radius 2 is 1.59 bits per heavy atom. The van der Waals surface area contributed by atoms with Gasteiger partial charge in [-0.3, -0.25) is 13.9 Å². The summed E-state index contributed by atoms with van der Waals surface area (Å²) in [5, 5.41) is 9.85. The van der Waals surface area contributed by atoms with Crippen LogP contribution < -0.4 is 11.2 Å². The van der Waals surface area contributed by atoms with Crippen LogP contribution in [0.25, 0.3) is 0 Å². The maximum Gasteiger partial charge on any atom is 0.333 e. The summed E-state index contributed by atoms with van der Waals surface area (Å²) >= 11 is 0. The zero-order valence-electron chi connectivity index (χ0n) is 19.8. The van der Waals surface area contributed by atoms with E-state index < -0.39 is 11.9 Å². The Hall–Kier alpha value is -0.832. The second kappa shape index (κ2) is 14.4. The fourth-order valence-electron chi connectivity index (χ4n) is 4.41. The molecule has 10 heteroatoms. The Bertz CT molecular complexity index is 780. The van der Waals surface area contributed by atoms with Crippen molar-refractivity contribution in [2.75, 3.05) is 46.8 Å². The molecule has 32 heavy (non-hydrogen) atoms. The van der Waals surface area contributed by atoms with Gasteiger partial charge in [0.2, 0.25) is 0 Å². The molecule has 0 spiro atoms. The molecule has 0 radical (unpaired) electrons. The molecular weight excluding hydrogens is 588 g/mol. The molecule has 2 heterocycles. The third kappa shape index (κ3) is 7.34. The van der Waals surface area contributed by atoms with Crippen molar-refractivity contribution in [1.29, 1.82) is 0 Å². The van der Waals surface area contributed by atoms with Crippen LogP contribution >= 0.6 is 0 Å². The van der Waals surface area contributed by atoms with Gasteiger partial charge in [0.1, 0.15) is 6.23 Å². The largest absolute Gasteiger partial charge is 0.394 e. The van der Waals surface area contributed by atoms with E-state index in [-0.39, 0.29) is 76.2 Å². The molecule has 1 aliphatic heterocycles. The molecule has 4 atom stereocenters. The molecule has 2 unspecified atom stereocenters. The van der Waals surface area contributed by atoms with Crippen LogP contribution in [0.1, 0.15) is 33.9 Å². The smallest absolute Gasteiger partial charge is 0.333 e. The van der Waals surface area contributed by atoms with Gasteiger partial charge in [0, 0.05) is 46.4 Å². The van der Waals surface area contributed by atoms with E-state index >= 15 is 0 Å². The van der Waals surface area contributed by atoms with E-state index in [0.29, 0.717) is 26.4 Å². The van der Waals surface area contributed by atoms with Gasteiger partial charge in [0.15, 0.2) is 0 Å². The van der Waals surface area contributed by atoms with E-state index in [2.05, 4.69) is 27.7 Å². The van der Waals surface area contributed by atoms with Gasteiger partial charge in [-0.2, -0.15) is 0 Å². The van der Waals surface area contributed by atoms with Crippen molar-refractivity contribution in [1.82, 2.24) is 9.13 Å². The second-order valence-corrected chi connectivity index (χ2v) is 8.60. The van der Waals surface area contributed by atoms with Crippen molar-refractivity contribution in [2.24, 2.45) is 23.7 Å². The molecule has 0 aliphatic carbocycles. The Morgan fingerprint density at radius 3 is 2.16 bits per heavy atom. The second-order valence-electron chi connectivity index (χ2n) is 8.60. The number of methoxy groups -OCH3 is 1. The molecule has 1 aromatic heterocycles. The molecule has 2 rings (SSSR count). The predicted octanol–water partition coefficient (Wildman–Crippen LogP) is 1.12. The van der Waals surface area contributed by atoms with Crippen molar-refractivity contribution < 1.29 is 45.1 Å². The quantitative estimate of drug-likeness (QED) is 0.328. The SMILES string of the molecule is COCCOCCOCCn1c(=O)ccn([C@@H]2O[C@H](CO)C(C(C)C)C2C(C)C)c1=O.[W]. The van der Waals surface area contributed by atoms with Gasteiger partial charge in [-0.05, 0) is 17.8 Å². The van der Waals surface area contributed by atoms with Crippen LogP contribution in [-0.2, 0) is 46.6 Å². The number of ether oxygens (including phenoxy) is 4. The molecule has 0 amide bonds. The normalized spacial score (nSPS) is 23.1. The molecule has 0 aromatic carbocycles. The zero-order chi connectivity index (χ0) is 23.0. The molecule has 1 saturated heterocycles. The predicted molar refractivity (Wildman–Crippen MR) is 116 cm³/mol. The standard InChI is InChI=1S/C22H38N2O7.W/c1-15(2)19-17(14-25)31-21(20(19)16(3)4)24-7-6-18(26)23(22(24)27)8-9-29-12-13-30-11-10-28-5;/h6-7,15-17,19-21,25H,8-14H2,1-5H3;/t17-,19?,20?,21-;/m1./s1. The van der Waals surface area contributed by atoms with E-state index in [4.69, 9.17) is 18.9 Å². The number of hydrogen-bond acceptors (Lipinski definition) is 7. The first-order chi connectivity index (χ1) is 14.8. The summed E-state index contributed by atoms with van der Waals surface area (Å²) in [6.45, 7) is 10.5. The fraction of sp³-hybridized carbons (Fsp3) is 0.818. The molecule has 9 nitrogen and oxygen atoms in total. The van der Waals surface area contributed by atoms with Crippen molar-refractivity contribution in [3.05, 3.63) is 33.1 Å². The zero-order valence-corrected chi connectivity index (χ0v) is 22.7. The van der Waals surface area contributed by atoms with Gasteiger partial charge in [-0.1, -0.05) is 27.7 Å². The number of nitrogens with zero attached hydrogens (tertiary/aromatic N) is 2. The van der Waals surface area contributed by atoms with Crippen LogP contribution in [0, 0.1) is 23.7 Å². The Morgan fingerprint density at radius 1 is 1.00 bits per heavy atom. The number of aliphatic hydroxyl groups excluding tert-OH is 1. The minimum Gasteiger partial charge on any atom is -0.394 e.